The molecule has 0 spiro atoms. The molecule has 4 heteroatoms. The van der Waals surface area contributed by atoms with Gasteiger partial charge in [0.15, 0.2) is 0 Å². The third-order valence-electron chi connectivity index (χ3n) is 3.54. The molecule has 3 nitrogen and oxygen atoms in total. The van der Waals surface area contributed by atoms with Crippen molar-refractivity contribution in [3.63, 3.8) is 0 Å². The van der Waals surface area contributed by atoms with Crippen LogP contribution in [-0.2, 0) is 9.53 Å². The summed E-state index contributed by atoms with van der Waals surface area (Å²) in [5.74, 6) is 0.702. The largest absolute Gasteiger partial charge is 0.382 e. The van der Waals surface area contributed by atoms with Crippen molar-refractivity contribution >= 4 is 17.5 Å². The highest BCUT2D eigenvalue weighted by molar-refractivity contribution is 6.30. The van der Waals surface area contributed by atoms with E-state index in [2.05, 4.69) is 19.2 Å². The minimum atomic E-state index is 0.0549. The van der Waals surface area contributed by atoms with Gasteiger partial charge in [-0.3, -0.25) is 4.79 Å². The Bertz CT molecular complexity index is 431. The Kier molecular flexibility index (Phi) is 9.17. The Labute approximate surface area is 139 Å². The van der Waals surface area contributed by atoms with Gasteiger partial charge in [-0.15, -0.1) is 0 Å². The first-order valence-electron chi connectivity index (χ1n) is 8.15. The van der Waals surface area contributed by atoms with Gasteiger partial charge in [0.05, 0.1) is 6.04 Å². The average molecular weight is 326 g/mol. The number of amides is 1. The van der Waals surface area contributed by atoms with Crippen LogP contribution in [0.1, 0.15) is 58.1 Å². The molecule has 1 aromatic rings. The fourth-order valence-electron chi connectivity index (χ4n) is 2.26. The van der Waals surface area contributed by atoms with Crippen molar-refractivity contribution in [2.24, 2.45) is 5.92 Å². The van der Waals surface area contributed by atoms with E-state index in [0.717, 1.165) is 29.8 Å². The summed E-state index contributed by atoms with van der Waals surface area (Å²) in [4.78, 5) is 12.1. The van der Waals surface area contributed by atoms with Crippen molar-refractivity contribution < 1.29 is 9.53 Å². The standard InChI is InChI=1S/C18H28ClNO2/c1-4-22-13-5-6-18(21)20-17(12-7-14(2)3)15-8-10-16(19)11-9-15/h8-11,14,17H,4-7,12-13H2,1-3H3,(H,20,21). The summed E-state index contributed by atoms with van der Waals surface area (Å²) in [7, 11) is 0. The molecule has 0 saturated heterocycles. The highest BCUT2D eigenvalue weighted by Gasteiger charge is 2.15. The van der Waals surface area contributed by atoms with Crippen molar-refractivity contribution in [3.8, 4) is 0 Å². The Morgan fingerprint density at radius 1 is 1.23 bits per heavy atom. The number of rotatable bonds is 10. The van der Waals surface area contributed by atoms with Crippen LogP contribution in [0.4, 0.5) is 0 Å². The van der Waals surface area contributed by atoms with E-state index in [4.69, 9.17) is 16.3 Å². The Balaban J connectivity index is 2.57. The maximum Gasteiger partial charge on any atom is 0.220 e. The first-order chi connectivity index (χ1) is 10.5. The van der Waals surface area contributed by atoms with E-state index < -0.39 is 0 Å². The fourth-order valence-corrected chi connectivity index (χ4v) is 2.39. The molecule has 0 aliphatic carbocycles. The van der Waals surface area contributed by atoms with Gasteiger partial charge in [0, 0.05) is 24.7 Å². The summed E-state index contributed by atoms with van der Waals surface area (Å²) >= 11 is 5.95. The van der Waals surface area contributed by atoms with E-state index in [1.165, 1.54) is 0 Å². The highest BCUT2D eigenvalue weighted by Crippen LogP contribution is 2.23. The summed E-state index contributed by atoms with van der Waals surface area (Å²) in [6.07, 6.45) is 3.28. The van der Waals surface area contributed by atoms with Gasteiger partial charge in [0.25, 0.3) is 0 Å². The lowest BCUT2D eigenvalue weighted by atomic mass is 9.97. The molecule has 0 radical (unpaired) electrons. The van der Waals surface area contributed by atoms with Crippen LogP contribution < -0.4 is 5.32 Å². The molecule has 0 bridgehead atoms. The van der Waals surface area contributed by atoms with E-state index in [1.54, 1.807) is 0 Å². The number of hydrogen-bond donors (Lipinski definition) is 1. The summed E-state index contributed by atoms with van der Waals surface area (Å²) in [5, 5.41) is 3.86. The summed E-state index contributed by atoms with van der Waals surface area (Å²) in [6.45, 7) is 7.69. The predicted octanol–water partition coefficient (Wildman–Crippen LogP) is 4.75. The second-order valence-electron chi connectivity index (χ2n) is 5.94. The maximum atomic E-state index is 12.1. The minimum absolute atomic E-state index is 0.0549. The molecule has 1 aromatic carbocycles. The molecule has 22 heavy (non-hydrogen) atoms. The lowest BCUT2D eigenvalue weighted by molar-refractivity contribution is -0.122. The van der Waals surface area contributed by atoms with Crippen LogP contribution in [-0.4, -0.2) is 19.1 Å². The van der Waals surface area contributed by atoms with Crippen molar-refractivity contribution in [2.45, 2.75) is 52.5 Å². The van der Waals surface area contributed by atoms with E-state index in [0.29, 0.717) is 25.6 Å². The van der Waals surface area contributed by atoms with Crippen LogP contribution in [0.25, 0.3) is 0 Å². The lowest BCUT2D eigenvalue weighted by Gasteiger charge is -2.20. The predicted molar refractivity (Wildman–Crippen MR) is 92.1 cm³/mol. The second kappa shape index (κ2) is 10.6. The van der Waals surface area contributed by atoms with Crippen molar-refractivity contribution in [2.75, 3.05) is 13.2 Å². The normalized spacial score (nSPS) is 12.4. The number of benzene rings is 1. The topological polar surface area (TPSA) is 38.3 Å². The summed E-state index contributed by atoms with van der Waals surface area (Å²) in [6, 6.07) is 7.79. The van der Waals surface area contributed by atoms with E-state index in [1.807, 2.05) is 31.2 Å². The molecular weight excluding hydrogens is 298 g/mol. The molecule has 1 unspecified atom stereocenters. The molecule has 1 rings (SSSR count). The number of nitrogens with one attached hydrogen (secondary N) is 1. The third kappa shape index (κ3) is 7.81. The lowest BCUT2D eigenvalue weighted by Crippen LogP contribution is -2.28. The number of carbonyl (C=O) groups is 1. The zero-order valence-electron chi connectivity index (χ0n) is 13.9. The van der Waals surface area contributed by atoms with Crippen LogP contribution in [0.15, 0.2) is 24.3 Å². The van der Waals surface area contributed by atoms with Gasteiger partial charge in [0.2, 0.25) is 5.91 Å². The molecule has 0 aromatic heterocycles. The van der Waals surface area contributed by atoms with Crippen LogP contribution in [0.2, 0.25) is 5.02 Å². The summed E-state index contributed by atoms with van der Waals surface area (Å²) < 4.78 is 5.27. The van der Waals surface area contributed by atoms with Crippen molar-refractivity contribution in [3.05, 3.63) is 34.9 Å². The minimum Gasteiger partial charge on any atom is -0.382 e. The van der Waals surface area contributed by atoms with Gasteiger partial charge in [-0.2, -0.15) is 0 Å². The fraction of sp³-hybridized carbons (Fsp3) is 0.611. The molecule has 0 fully saturated rings. The van der Waals surface area contributed by atoms with Crippen LogP contribution in [0.5, 0.6) is 0 Å². The number of halogens is 1. The Morgan fingerprint density at radius 2 is 1.91 bits per heavy atom. The van der Waals surface area contributed by atoms with Crippen LogP contribution >= 0.6 is 11.6 Å². The molecule has 0 aliphatic rings. The third-order valence-corrected chi connectivity index (χ3v) is 3.79. The zero-order chi connectivity index (χ0) is 16.4. The van der Waals surface area contributed by atoms with Crippen molar-refractivity contribution in [1.29, 1.82) is 0 Å². The number of carbonyl (C=O) groups excluding carboxylic acids is 1. The maximum absolute atomic E-state index is 12.1. The van der Waals surface area contributed by atoms with Crippen LogP contribution in [0.3, 0.4) is 0 Å². The number of ether oxygens (including phenoxy) is 1. The molecule has 1 N–H and O–H groups in total. The van der Waals surface area contributed by atoms with Gasteiger partial charge in [-0.25, -0.2) is 0 Å². The number of hydrogen-bond acceptors (Lipinski definition) is 2. The first kappa shape index (κ1) is 19.0. The molecule has 0 saturated carbocycles. The SMILES string of the molecule is CCOCCCC(=O)NC(CCC(C)C)c1ccc(Cl)cc1. The summed E-state index contributed by atoms with van der Waals surface area (Å²) in [5.41, 5.74) is 1.11. The first-order valence-corrected chi connectivity index (χ1v) is 8.53. The quantitative estimate of drug-likeness (QED) is 0.630. The van der Waals surface area contributed by atoms with Gasteiger partial charge in [-0.1, -0.05) is 37.6 Å². The van der Waals surface area contributed by atoms with Gasteiger partial charge >= 0.3 is 0 Å². The van der Waals surface area contributed by atoms with Crippen LogP contribution in [0, 0.1) is 5.92 Å². The van der Waals surface area contributed by atoms with Crippen molar-refractivity contribution in [1.82, 2.24) is 5.32 Å². The average Bonchev–Trinajstić information content (AvgIpc) is 2.49. The Hall–Kier alpha value is -1.06. The smallest absolute Gasteiger partial charge is 0.220 e. The monoisotopic (exact) mass is 325 g/mol. The molecule has 1 amide bonds. The molecule has 124 valence electrons. The molecule has 0 heterocycles. The van der Waals surface area contributed by atoms with Gasteiger partial charge < -0.3 is 10.1 Å². The van der Waals surface area contributed by atoms with E-state index in [9.17, 15) is 4.79 Å². The van der Waals surface area contributed by atoms with E-state index >= 15 is 0 Å². The highest BCUT2D eigenvalue weighted by atomic mass is 35.5. The zero-order valence-corrected chi connectivity index (χ0v) is 14.7. The molecule has 0 aliphatic heterocycles. The van der Waals surface area contributed by atoms with Gasteiger partial charge in [-0.05, 0) is 49.8 Å². The van der Waals surface area contributed by atoms with E-state index in [-0.39, 0.29) is 11.9 Å². The second-order valence-corrected chi connectivity index (χ2v) is 6.38. The Morgan fingerprint density at radius 3 is 2.50 bits per heavy atom. The molecule has 1 atom stereocenters. The van der Waals surface area contributed by atoms with Gasteiger partial charge in [0.1, 0.15) is 0 Å². The molecular formula is C18H28ClNO2.